The van der Waals surface area contributed by atoms with Crippen LogP contribution in [0.5, 0.6) is 0 Å². The molecule has 0 aliphatic rings. The van der Waals surface area contributed by atoms with Crippen LogP contribution >= 0.6 is 11.6 Å². The topological polar surface area (TPSA) is 75.2 Å². The molecule has 0 atom stereocenters. The van der Waals surface area contributed by atoms with E-state index in [-0.39, 0.29) is 4.90 Å². The average molecular weight is 341 g/mol. The summed E-state index contributed by atoms with van der Waals surface area (Å²) in [5.74, 6) is 0.528. The molecule has 8 heteroatoms. The fourth-order valence-corrected chi connectivity index (χ4v) is 3.35. The zero-order chi connectivity index (χ0) is 16.5. The summed E-state index contributed by atoms with van der Waals surface area (Å²) in [6.07, 6.45) is 0. The molecule has 2 rings (SSSR count). The minimum Gasteiger partial charge on any atom is -0.347 e. The molecule has 0 fully saturated rings. The predicted molar refractivity (Wildman–Crippen MR) is 88.1 cm³/mol. The highest BCUT2D eigenvalue weighted by Crippen LogP contribution is 2.24. The van der Waals surface area contributed by atoms with Gasteiger partial charge in [-0.05, 0) is 32.0 Å². The number of aromatic nitrogens is 2. The fraction of sp³-hybridized carbons (Fsp3) is 0.286. The number of rotatable bonds is 4. The van der Waals surface area contributed by atoms with Crippen molar-refractivity contribution in [3.8, 4) is 0 Å². The Balaban J connectivity index is 2.42. The van der Waals surface area contributed by atoms with E-state index in [1.54, 1.807) is 30.9 Å². The Morgan fingerprint density at radius 1 is 1.14 bits per heavy atom. The van der Waals surface area contributed by atoms with E-state index in [1.165, 1.54) is 12.1 Å². The van der Waals surface area contributed by atoms with E-state index in [0.717, 1.165) is 0 Å². The number of halogens is 1. The van der Waals surface area contributed by atoms with Crippen molar-refractivity contribution in [1.82, 2.24) is 9.97 Å². The van der Waals surface area contributed by atoms with Gasteiger partial charge in [-0.3, -0.25) is 4.72 Å². The smallest absolute Gasteiger partial charge is 0.262 e. The lowest BCUT2D eigenvalue weighted by atomic mass is 10.3. The molecular formula is C14H17ClN4O2S. The lowest BCUT2D eigenvalue weighted by Crippen LogP contribution is -2.18. The summed E-state index contributed by atoms with van der Waals surface area (Å²) in [7, 11) is -0.0951. The van der Waals surface area contributed by atoms with E-state index in [9.17, 15) is 8.42 Å². The van der Waals surface area contributed by atoms with Gasteiger partial charge >= 0.3 is 0 Å². The summed E-state index contributed by atoms with van der Waals surface area (Å²) in [5.41, 5.74) is 1.49. The van der Waals surface area contributed by atoms with Crippen LogP contribution in [0.25, 0.3) is 0 Å². The molecule has 1 aromatic heterocycles. The highest BCUT2D eigenvalue weighted by atomic mass is 35.5. The van der Waals surface area contributed by atoms with Gasteiger partial charge in [0.2, 0.25) is 5.95 Å². The Kier molecular flexibility index (Phi) is 4.58. The molecule has 1 heterocycles. The van der Waals surface area contributed by atoms with Gasteiger partial charge in [0.15, 0.2) is 0 Å². The van der Waals surface area contributed by atoms with Gasteiger partial charge in [0.1, 0.15) is 0 Å². The van der Waals surface area contributed by atoms with E-state index in [4.69, 9.17) is 11.6 Å². The zero-order valence-electron chi connectivity index (χ0n) is 12.8. The van der Waals surface area contributed by atoms with Gasteiger partial charge in [0.05, 0.1) is 22.0 Å². The lowest BCUT2D eigenvalue weighted by Gasteiger charge is -2.16. The van der Waals surface area contributed by atoms with Gasteiger partial charge in [-0.2, -0.15) is 0 Å². The highest BCUT2D eigenvalue weighted by Gasteiger charge is 2.19. The third-order valence-electron chi connectivity index (χ3n) is 3.00. The third-order valence-corrected chi connectivity index (χ3v) is 4.58. The molecule has 1 N–H and O–H groups in total. The normalized spacial score (nSPS) is 11.3. The molecule has 0 unspecified atom stereocenters. The van der Waals surface area contributed by atoms with E-state index >= 15 is 0 Å². The summed E-state index contributed by atoms with van der Waals surface area (Å²) >= 11 is 5.85. The number of aryl methyl sites for hydroxylation is 2. The first-order valence-corrected chi connectivity index (χ1v) is 8.38. The van der Waals surface area contributed by atoms with Gasteiger partial charge in [-0.15, -0.1) is 0 Å². The Morgan fingerprint density at radius 3 is 2.23 bits per heavy atom. The van der Waals surface area contributed by atoms with Crippen molar-refractivity contribution in [3.05, 3.63) is 40.7 Å². The van der Waals surface area contributed by atoms with Gasteiger partial charge in [0, 0.05) is 19.1 Å². The van der Waals surface area contributed by atoms with Crippen molar-refractivity contribution >= 4 is 33.3 Å². The second-order valence-electron chi connectivity index (χ2n) is 5.03. The third kappa shape index (κ3) is 3.48. The summed E-state index contributed by atoms with van der Waals surface area (Å²) in [5, 5.41) is 0.357. The van der Waals surface area contributed by atoms with Crippen LogP contribution in [0.2, 0.25) is 5.02 Å². The van der Waals surface area contributed by atoms with Crippen molar-refractivity contribution in [2.75, 3.05) is 23.7 Å². The maximum atomic E-state index is 12.4. The molecule has 0 bridgehead atoms. The van der Waals surface area contributed by atoms with Crippen LogP contribution < -0.4 is 9.62 Å². The number of nitrogens with zero attached hydrogens (tertiary/aromatic N) is 3. The molecule has 1 aromatic carbocycles. The summed E-state index contributed by atoms with van der Waals surface area (Å²) in [6.45, 7) is 3.47. The quantitative estimate of drug-likeness (QED) is 0.926. The van der Waals surface area contributed by atoms with Crippen LogP contribution in [0, 0.1) is 13.8 Å². The van der Waals surface area contributed by atoms with E-state index in [2.05, 4.69) is 14.7 Å². The van der Waals surface area contributed by atoms with Crippen molar-refractivity contribution < 1.29 is 8.42 Å². The minimum atomic E-state index is -3.74. The van der Waals surface area contributed by atoms with Crippen molar-refractivity contribution in [2.24, 2.45) is 0 Å². The molecule has 0 amide bonds. The monoisotopic (exact) mass is 340 g/mol. The Hall–Kier alpha value is -1.86. The molecule has 0 aliphatic carbocycles. The maximum Gasteiger partial charge on any atom is 0.262 e. The van der Waals surface area contributed by atoms with Crippen molar-refractivity contribution in [3.63, 3.8) is 0 Å². The van der Waals surface area contributed by atoms with E-state index in [1.807, 2.05) is 14.1 Å². The molecule has 0 spiro atoms. The predicted octanol–water partition coefficient (Wildman–Crippen LogP) is 2.61. The Bertz CT molecular complexity index is 783. The molecule has 118 valence electrons. The van der Waals surface area contributed by atoms with Gasteiger partial charge in [-0.25, -0.2) is 18.4 Å². The zero-order valence-corrected chi connectivity index (χ0v) is 14.3. The molecular weight excluding hydrogens is 324 g/mol. The molecule has 6 nitrogen and oxygen atoms in total. The number of sulfonamides is 1. The largest absolute Gasteiger partial charge is 0.347 e. The van der Waals surface area contributed by atoms with E-state index in [0.29, 0.717) is 28.0 Å². The number of hydrogen-bond acceptors (Lipinski definition) is 5. The van der Waals surface area contributed by atoms with Gasteiger partial charge < -0.3 is 4.90 Å². The molecule has 0 radical (unpaired) electrons. The molecule has 0 aliphatic heterocycles. The van der Waals surface area contributed by atoms with Crippen LogP contribution in [-0.2, 0) is 10.0 Å². The second kappa shape index (κ2) is 6.10. The SMILES string of the molecule is Cc1nc(N(C)C)nc(C)c1NS(=O)(=O)c1cccc(Cl)c1. The van der Waals surface area contributed by atoms with Gasteiger partial charge in [-0.1, -0.05) is 17.7 Å². The van der Waals surface area contributed by atoms with Crippen LogP contribution in [0.15, 0.2) is 29.2 Å². The first-order chi connectivity index (χ1) is 10.2. The number of benzene rings is 1. The number of anilines is 2. The number of hydrogen-bond donors (Lipinski definition) is 1. The molecule has 0 saturated carbocycles. The van der Waals surface area contributed by atoms with Crippen LogP contribution in [0.4, 0.5) is 11.6 Å². The van der Waals surface area contributed by atoms with Gasteiger partial charge in [0.25, 0.3) is 10.0 Å². The summed E-state index contributed by atoms with van der Waals surface area (Å²) in [4.78, 5) is 10.4. The first kappa shape index (κ1) is 16.5. The standard InChI is InChI=1S/C14H17ClN4O2S/c1-9-13(10(2)17-14(16-9)19(3)4)18-22(20,21)12-7-5-6-11(15)8-12/h5-8,18H,1-4H3. The Morgan fingerprint density at radius 2 is 1.73 bits per heavy atom. The van der Waals surface area contributed by atoms with Crippen LogP contribution in [0.3, 0.4) is 0 Å². The van der Waals surface area contributed by atoms with Crippen molar-refractivity contribution in [1.29, 1.82) is 0 Å². The maximum absolute atomic E-state index is 12.4. The molecule has 2 aromatic rings. The fourth-order valence-electron chi connectivity index (χ4n) is 1.87. The molecule has 0 saturated heterocycles. The minimum absolute atomic E-state index is 0.0930. The molecule has 22 heavy (non-hydrogen) atoms. The lowest BCUT2D eigenvalue weighted by molar-refractivity contribution is 0.601. The summed E-state index contributed by atoms with van der Waals surface area (Å²) in [6, 6.07) is 6.08. The summed E-state index contributed by atoms with van der Waals surface area (Å²) < 4.78 is 27.4. The van der Waals surface area contributed by atoms with Crippen LogP contribution in [0.1, 0.15) is 11.4 Å². The highest BCUT2D eigenvalue weighted by molar-refractivity contribution is 7.92. The first-order valence-electron chi connectivity index (χ1n) is 6.51. The van der Waals surface area contributed by atoms with E-state index < -0.39 is 10.0 Å². The van der Waals surface area contributed by atoms with Crippen molar-refractivity contribution in [2.45, 2.75) is 18.7 Å². The Labute approximate surface area is 135 Å². The van der Waals surface area contributed by atoms with Crippen LogP contribution in [-0.4, -0.2) is 32.5 Å². The average Bonchev–Trinajstić information content (AvgIpc) is 2.42. The number of nitrogens with one attached hydrogen (secondary N) is 1. The second-order valence-corrected chi connectivity index (χ2v) is 7.15.